The Morgan fingerprint density at radius 3 is 2.55 bits per heavy atom. The molecule has 5 rings (SSSR count). The van der Waals surface area contributed by atoms with Crippen LogP contribution in [0.25, 0.3) is 11.3 Å². The summed E-state index contributed by atoms with van der Waals surface area (Å²) in [4.78, 5) is 19.3. The first-order chi connectivity index (χ1) is 15.8. The van der Waals surface area contributed by atoms with Crippen molar-refractivity contribution in [2.45, 2.75) is 38.1 Å². The molecule has 0 spiro atoms. The van der Waals surface area contributed by atoms with Gasteiger partial charge in [0, 0.05) is 35.8 Å². The summed E-state index contributed by atoms with van der Waals surface area (Å²) in [5, 5.41) is 14.6. The molecule has 1 fully saturated rings. The van der Waals surface area contributed by atoms with Crippen LogP contribution in [0.2, 0.25) is 5.02 Å². The SMILES string of the molecule is N[C@](O)(CC1CC1)C(=O)N1CCn2c(nc(-c3ccc(F)cc3)c2Nc2ccc(Cl)cc2)C1. The largest absolute Gasteiger partial charge is 0.368 e. The fourth-order valence-electron chi connectivity index (χ4n) is 4.23. The topological polar surface area (TPSA) is 96.4 Å². The fraction of sp³-hybridized carbons (Fsp3) is 0.333. The van der Waals surface area contributed by atoms with E-state index in [4.69, 9.17) is 22.3 Å². The monoisotopic (exact) mass is 469 g/mol. The van der Waals surface area contributed by atoms with Crippen molar-refractivity contribution in [1.29, 1.82) is 0 Å². The van der Waals surface area contributed by atoms with Gasteiger partial charge in [-0.25, -0.2) is 9.37 Å². The molecule has 1 atom stereocenters. The quantitative estimate of drug-likeness (QED) is 0.476. The van der Waals surface area contributed by atoms with Gasteiger partial charge in [-0.15, -0.1) is 0 Å². The van der Waals surface area contributed by atoms with Crippen LogP contribution in [-0.2, 0) is 17.9 Å². The highest BCUT2D eigenvalue weighted by Gasteiger charge is 2.41. The predicted octanol–water partition coefficient (Wildman–Crippen LogP) is 3.88. The Balaban J connectivity index is 1.47. The molecular weight excluding hydrogens is 445 g/mol. The molecule has 0 saturated heterocycles. The third-order valence-corrected chi connectivity index (χ3v) is 6.40. The molecule has 3 aromatic rings. The van der Waals surface area contributed by atoms with Gasteiger partial charge >= 0.3 is 0 Å². The van der Waals surface area contributed by atoms with Gasteiger partial charge in [-0.3, -0.25) is 10.5 Å². The minimum atomic E-state index is -1.86. The number of rotatable bonds is 6. The minimum Gasteiger partial charge on any atom is -0.368 e. The first-order valence-corrected chi connectivity index (χ1v) is 11.4. The minimum absolute atomic E-state index is 0.222. The maximum Gasteiger partial charge on any atom is 0.270 e. The van der Waals surface area contributed by atoms with Gasteiger partial charge in [0.05, 0.1) is 6.54 Å². The number of aromatic nitrogens is 2. The predicted molar refractivity (Wildman–Crippen MR) is 124 cm³/mol. The van der Waals surface area contributed by atoms with Crippen LogP contribution < -0.4 is 11.1 Å². The Hall–Kier alpha value is -2.94. The van der Waals surface area contributed by atoms with Gasteiger partial charge in [0.2, 0.25) is 0 Å². The lowest BCUT2D eigenvalue weighted by Crippen LogP contribution is -2.57. The summed E-state index contributed by atoms with van der Waals surface area (Å²) in [5.41, 5.74) is 6.34. The van der Waals surface area contributed by atoms with Crippen molar-refractivity contribution in [1.82, 2.24) is 14.5 Å². The van der Waals surface area contributed by atoms with Crippen molar-refractivity contribution in [3.63, 3.8) is 0 Å². The Morgan fingerprint density at radius 2 is 1.88 bits per heavy atom. The first kappa shape index (κ1) is 21.9. The maximum absolute atomic E-state index is 13.5. The lowest BCUT2D eigenvalue weighted by Gasteiger charge is -2.33. The van der Waals surface area contributed by atoms with E-state index in [0.29, 0.717) is 35.5 Å². The van der Waals surface area contributed by atoms with Gasteiger partial charge in [-0.05, 0) is 54.4 Å². The fourth-order valence-corrected chi connectivity index (χ4v) is 4.36. The zero-order valence-electron chi connectivity index (χ0n) is 18.0. The summed E-state index contributed by atoms with van der Waals surface area (Å²) in [6, 6.07) is 13.4. The molecule has 2 aliphatic rings. The zero-order valence-corrected chi connectivity index (χ0v) is 18.7. The van der Waals surface area contributed by atoms with E-state index in [2.05, 4.69) is 5.32 Å². The highest BCUT2D eigenvalue weighted by atomic mass is 35.5. The second kappa shape index (κ2) is 8.44. The summed E-state index contributed by atoms with van der Waals surface area (Å²) in [6.07, 6.45) is 2.27. The molecule has 9 heteroatoms. The molecule has 1 saturated carbocycles. The van der Waals surface area contributed by atoms with Gasteiger partial charge in [0.15, 0.2) is 5.72 Å². The normalized spacial score (nSPS) is 17.4. The Labute approximate surface area is 196 Å². The van der Waals surface area contributed by atoms with Gasteiger partial charge in [-0.2, -0.15) is 0 Å². The van der Waals surface area contributed by atoms with Crippen molar-refractivity contribution < 1.29 is 14.3 Å². The van der Waals surface area contributed by atoms with Crippen LogP contribution >= 0.6 is 11.6 Å². The molecule has 2 heterocycles. The first-order valence-electron chi connectivity index (χ1n) is 11.0. The van der Waals surface area contributed by atoms with Gasteiger partial charge < -0.3 is 19.9 Å². The van der Waals surface area contributed by atoms with Crippen LogP contribution in [0.5, 0.6) is 0 Å². The number of carbonyl (C=O) groups is 1. The second-order valence-corrected chi connectivity index (χ2v) is 9.25. The van der Waals surface area contributed by atoms with E-state index in [1.54, 1.807) is 29.2 Å². The summed E-state index contributed by atoms with van der Waals surface area (Å²) in [5.74, 6) is 0.916. The summed E-state index contributed by atoms with van der Waals surface area (Å²) in [6.45, 7) is 1.09. The van der Waals surface area contributed by atoms with E-state index in [1.165, 1.54) is 12.1 Å². The standard InChI is InChI=1S/C24H25ClFN5O2/c25-17-5-9-19(10-6-17)28-22-21(16-3-7-18(26)8-4-16)29-20-14-30(11-12-31(20)22)23(32)24(27,33)13-15-1-2-15/h3-10,15,28,33H,1-2,11-14,27H2/t24-/m0/s1. The van der Waals surface area contributed by atoms with Gasteiger partial charge in [-0.1, -0.05) is 24.4 Å². The van der Waals surface area contributed by atoms with E-state index in [-0.39, 0.29) is 18.8 Å². The van der Waals surface area contributed by atoms with E-state index in [9.17, 15) is 14.3 Å². The van der Waals surface area contributed by atoms with E-state index in [1.807, 2.05) is 16.7 Å². The molecule has 7 nitrogen and oxygen atoms in total. The van der Waals surface area contributed by atoms with Gasteiger partial charge in [0.25, 0.3) is 5.91 Å². The number of carbonyl (C=O) groups excluding carboxylic acids is 1. The zero-order chi connectivity index (χ0) is 23.2. The number of halogens is 2. The molecule has 1 amide bonds. The van der Waals surface area contributed by atoms with E-state index in [0.717, 1.165) is 29.9 Å². The van der Waals surface area contributed by atoms with Crippen LogP contribution in [-0.4, -0.2) is 37.7 Å². The summed E-state index contributed by atoms with van der Waals surface area (Å²) < 4.78 is 15.5. The Morgan fingerprint density at radius 1 is 1.18 bits per heavy atom. The molecule has 4 N–H and O–H groups in total. The molecule has 0 unspecified atom stereocenters. The second-order valence-electron chi connectivity index (χ2n) is 8.81. The van der Waals surface area contributed by atoms with Crippen LogP contribution in [0.3, 0.4) is 0 Å². The lowest BCUT2D eigenvalue weighted by molar-refractivity contribution is -0.153. The molecule has 1 aliphatic heterocycles. The maximum atomic E-state index is 13.5. The number of hydrogen-bond acceptors (Lipinski definition) is 5. The third kappa shape index (κ3) is 4.59. The number of nitrogens with zero attached hydrogens (tertiary/aromatic N) is 3. The summed E-state index contributed by atoms with van der Waals surface area (Å²) in [7, 11) is 0. The van der Waals surface area contributed by atoms with Crippen molar-refractivity contribution in [2.75, 3.05) is 11.9 Å². The van der Waals surface area contributed by atoms with Crippen LogP contribution in [0.15, 0.2) is 48.5 Å². The smallest absolute Gasteiger partial charge is 0.270 e. The number of imidazole rings is 1. The number of fused-ring (bicyclic) bond motifs is 1. The Kier molecular flexibility index (Phi) is 5.60. The number of anilines is 2. The van der Waals surface area contributed by atoms with Crippen LogP contribution in [0, 0.1) is 11.7 Å². The summed E-state index contributed by atoms with van der Waals surface area (Å²) >= 11 is 6.02. The number of aliphatic hydroxyl groups is 1. The number of hydrogen-bond donors (Lipinski definition) is 3. The number of nitrogens with one attached hydrogen (secondary N) is 1. The number of benzene rings is 2. The van der Waals surface area contributed by atoms with E-state index < -0.39 is 11.6 Å². The number of amides is 1. The molecule has 2 aromatic carbocycles. The third-order valence-electron chi connectivity index (χ3n) is 6.15. The lowest BCUT2D eigenvalue weighted by atomic mass is 10.1. The molecule has 0 bridgehead atoms. The number of nitrogens with two attached hydrogens (primary N) is 1. The van der Waals surface area contributed by atoms with Crippen LogP contribution in [0.4, 0.5) is 15.9 Å². The molecule has 172 valence electrons. The van der Waals surface area contributed by atoms with Crippen molar-refractivity contribution in [3.05, 3.63) is 65.2 Å². The van der Waals surface area contributed by atoms with Crippen LogP contribution in [0.1, 0.15) is 25.1 Å². The van der Waals surface area contributed by atoms with E-state index >= 15 is 0 Å². The van der Waals surface area contributed by atoms with Gasteiger partial charge in [0.1, 0.15) is 23.2 Å². The average Bonchev–Trinajstić information content (AvgIpc) is 3.53. The van der Waals surface area contributed by atoms with Crippen molar-refractivity contribution >= 4 is 29.0 Å². The Bertz CT molecular complexity index is 1170. The molecule has 0 radical (unpaired) electrons. The highest BCUT2D eigenvalue weighted by molar-refractivity contribution is 6.30. The highest BCUT2D eigenvalue weighted by Crippen LogP contribution is 2.37. The van der Waals surface area contributed by atoms with Crippen molar-refractivity contribution in [3.8, 4) is 11.3 Å². The average molecular weight is 470 g/mol. The molecular formula is C24H25ClFN5O2. The molecule has 1 aromatic heterocycles. The molecule has 1 aliphatic carbocycles. The van der Waals surface area contributed by atoms with Crippen molar-refractivity contribution in [2.24, 2.45) is 11.7 Å². The molecule has 33 heavy (non-hydrogen) atoms.